The van der Waals surface area contributed by atoms with Crippen molar-refractivity contribution in [2.24, 2.45) is 10.4 Å². The zero-order chi connectivity index (χ0) is 20.4. The van der Waals surface area contributed by atoms with Crippen molar-refractivity contribution in [1.29, 1.82) is 0 Å². The molecule has 0 aliphatic rings. The predicted octanol–water partition coefficient (Wildman–Crippen LogP) is 2.34. The summed E-state index contributed by atoms with van der Waals surface area (Å²) in [5, 5.41) is 9.27. The fourth-order valence-corrected chi connectivity index (χ4v) is 2.56. The number of aliphatic imine (C=N–C) groups is 1. The Labute approximate surface area is 166 Å². The SMILES string of the molecule is CNC(=O)C(C)(C)CNC(=NCc1ccc(OC)cc1)NCCc1ccco1. The molecule has 0 saturated carbocycles. The molecule has 0 radical (unpaired) electrons. The Morgan fingerprint density at radius 1 is 1.18 bits per heavy atom. The van der Waals surface area contributed by atoms with Gasteiger partial charge in [0.25, 0.3) is 0 Å². The van der Waals surface area contributed by atoms with Gasteiger partial charge in [-0.25, -0.2) is 4.99 Å². The van der Waals surface area contributed by atoms with Crippen LogP contribution in [0.5, 0.6) is 5.75 Å². The molecular weight excluding hydrogens is 356 g/mol. The molecule has 1 heterocycles. The number of carbonyl (C=O) groups is 1. The number of carbonyl (C=O) groups excluding carboxylic acids is 1. The van der Waals surface area contributed by atoms with E-state index in [1.54, 1.807) is 20.4 Å². The first-order valence-corrected chi connectivity index (χ1v) is 9.34. The van der Waals surface area contributed by atoms with Gasteiger partial charge in [0, 0.05) is 26.6 Å². The predicted molar refractivity (Wildman–Crippen MR) is 110 cm³/mol. The molecule has 1 aromatic carbocycles. The summed E-state index contributed by atoms with van der Waals surface area (Å²) in [5.74, 6) is 2.35. The Balaban J connectivity index is 1.99. The number of hydrogen-bond donors (Lipinski definition) is 3. The van der Waals surface area contributed by atoms with Gasteiger partial charge in [0.2, 0.25) is 5.91 Å². The molecule has 0 spiro atoms. The second kappa shape index (κ2) is 10.4. The number of nitrogens with zero attached hydrogens (tertiary/aromatic N) is 1. The molecule has 7 heteroatoms. The lowest BCUT2D eigenvalue weighted by molar-refractivity contribution is -0.128. The quantitative estimate of drug-likeness (QED) is 0.455. The first-order chi connectivity index (χ1) is 13.4. The van der Waals surface area contributed by atoms with E-state index in [0.29, 0.717) is 25.6 Å². The summed E-state index contributed by atoms with van der Waals surface area (Å²) in [6, 6.07) is 11.6. The van der Waals surface area contributed by atoms with E-state index in [9.17, 15) is 4.79 Å². The Hall–Kier alpha value is -2.96. The molecule has 0 bridgehead atoms. The third-order valence-corrected chi connectivity index (χ3v) is 4.36. The molecule has 2 rings (SSSR count). The molecule has 152 valence electrons. The van der Waals surface area contributed by atoms with Gasteiger partial charge in [-0.1, -0.05) is 12.1 Å². The Morgan fingerprint density at radius 2 is 1.93 bits per heavy atom. The number of amides is 1. The van der Waals surface area contributed by atoms with Gasteiger partial charge in [-0.15, -0.1) is 0 Å². The highest BCUT2D eigenvalue weighted by atomic mass is 16.5. The van der Waals surface area contributed by atoms with Gasteiger partial charge in [-0.3, -0.25) is 4.79 Å². The lowest BCUT2D eigenvalue weighted by Crippen LogP contribution is -2.47. The number of benzene rings is 1. The number of guanidine groups is 1. The van der Waals surface area contributed by atoms with Crippen LogP contribution < -0.4 is 20.7 Å². The summed E-state index contributed by atoms with van der Waals surface area (Å²) in [6.07, 6.45) is 2.41. The lowest BCUT2D eigenvalue weighted by atomic mass is 9.92. The van der Waals surface area contributed by atoms with Gasteiger partial charge in [0.05, 0.1) is 25.3 Å². The number of nitrogens with one attached hydrogen (secondary N) is 3. The molecule has 2 aromatic rings. The summed E-state index contributed by atoms with van der Waals surface area (Å²) in [4.78, 5) is 16.7. The van der Waals surface area contributed by atoms with E-state index in [-0.39, 0.29) is 5.91 Å². The highest BCUT2D eigenvalue weighted by Crippen LogP contribution is 2.14. The van der Waals surface area contributed by atoms with Gasteiger partial charge in [-0.05, 0) is 43.7 Å². The van der Waals surface area contributed by atoms with Crippen molar-refractivity contribution < 1.29 is 13.9 Å². The standard InChI is InChI=1S/C21H30N4O3/c1-21(2,19(26)22-3)15-25-20(23-12-11-18-6-5-13-28-18)24-14-16-7-9-17(27-4)10-8-16/h5-10,13H,11-12,14-15H2,1-4H3,(H,22,26)(H2,23,24,25). The van der Waals surface area contributed by atoms with Gasteiger partial charge in [-0.2, -0.15) is 0 Å². The molecule has 1 amide bonds. The average Bonchev–Trinajstić information content (AvgIpc) is 3.22. The van der Waals surface area contributed by atoms with Gasteiger partial charge in [0.15, 0.2) is 5.96 Å². The zero-order valence-electron chi connectivity index (χ0n) is 17.0. The molecule has 0 saturated heterocycles. The second-order valence-electron chi connectivity index (χ2n) is 7.09. The van der Waals surface area contributed by atoms with Crippen LogP contribution in [0.25, 0.3) is 0 Å². The minimum absolute atomic E-state index is 0.0231. The van der Waals surface area contributed by atoms with Crippen LogP contribution in [0, 0.1) is 5.41 Å². The highest BCUT2D eigenvalue weighted by Gasteiger charge is 2.26. The second-order valence-corrected chi connectivity index (χ2v) is 7.09. The average molecular weight is 386 g/mol. The largest absolute Gasteiger partial charge is 0.497 e. The van der Waals surface area contributed by atoms with Gasteiger partial charge in [0.1, 0.15) is 11.5 Å². The molecule has 1 aromatic heterocycles. The summed E-state index contributed by atoms with van der Waals surface area (Å²) in [7, 11) is 3.29. The van der Waals surface area contributed by atoms with Crippen LogP contribution in [0.15, 0.2) is 52.1 Å². The van der Waals surface area contributed by atoms with Crippen molar-refractivity contribution in [3.05, 3.63) is 54.0 Å². The van der Waals surface area contributed by atoms with Gasteiger partial charge >= 0.3 is 0 Å². The van der Waals surface area contributed by atoms with Crippen LogP contribution >= 0.6 is 0 Å². The zero-order valence-corrected chi connectivity index (χ0v) is 17.0. The first-order valence-electron chi connectivity index (χ1n) is 9.34. The monoisotopic (exact) mass is 386 g/mol. The molecule has 3 N–H and O–H groups in total. The van der Waals surface area contributed by atoms with E-state index in [0.717, 1.165) is 23.5 Å². The molecule has 0 atom stereocenters. The van der Waals surface area contributed by atoms with Crippen LogP contribution in [0.4, 0.5) is 0 Å². The summed E-state index contributed by atoms with van der Waals surface area (Å²) in [6.45, 7) is 5.43. The minimum atomic E-state index is -0.557. The number of ether oxygens (including phenoxy) is 1. The number of hydrogen-bond acceptors (Lipinski definition) is 4. The maximum atomic E-state index is 12.0. The van der Waals surface area contributed by atoms with E-state index in [1.165, 1.54) is 0 Å². The molecular formula is C21H30N4O3. The maximum absolute atomic E-state index is 12.0. The summed E-state index contributed by atoms with van der Waals surface area (Å²) in [5.41, 5.74) is 0.511. The normalized spacial score (nSPS) is 11.8. The third kappa shape index (κ3) is 6.64. The van der Waals surface area contributed by atoms with Crippen molar-refractivity contribution in [1.82, 2.24) is 16.0 Å². The molecule has 0 aliphatic heterocycles. The third-order valence-electron chi connectivity index (χ3n) is 4.36. The van der Waals surface area contributed by atoms with Crippen LogP contribution in [-0.2, 0) is 17.8 Å². The number of furan rings is 1. The molecule has 0 unspecified atom stereocenters. The Kier molecular flexibility index (Phi) is 7.92. The molecule has 0 fully saturated rings. The summed E-state index contributed by atoms with van der Waals surface area (Å²) >= 11 is 0. The molecule has 28 heavy (non-hydrogen) atoms. The van der Waals surface area contributed by atoms with E-state index < -0.39 is 5.41 Å². The van der Waals surface area contributed by atoms with Crippen LogP contribution in [0.3, 0.4) is 0 Å². The Bertz CT molecular complexity index is 752. The lowest BCUT2D eigenvalue weighted by Gasteiger charge is -2.24. The van der Waals surface area contributed by atoms with E-state index in [4.69, 9.17) is 9.15 Å². The fourth-order valence-electron chi connectivity index (χ4n) is 2.56. The van der Waals surface area contributed by atoms with Crippen molar-refractivity contribution in [2.45, 2.75) is 26.8 Å². The van der Waals surface area contributed by atoms with E-state index in [1.807, 2.05) is 50.2 Å². The van der Waals surface area contributed by atoms with Crippen molar-refractivity contribution in [3.63, 3.8) is 0 Å². The molecule has 7 nitrogen and oxygen atoms in total. The highest BCUT2D eigenvalue weighted by molar-refractivity contribution is 5.84. The van der Waals surface area contributed by atoms with E-state index >= 15 is 0 Å². The topological polar surface area (TPSA) is 87.9 Å². The smallest absolute Gasteiger partial charge is 0.227 e. The number of methoxy groups -OCH3 is 1. The van der Waals surface area contributed by atoms with Crippen molar-refractivity contribution in [3.8, 4) is 5.75 Å². The first kappa shape index (κ1) is 21.3. The van der Waals surface area contributed by atoms with Crippen molar-refractivity contribution >= 4 is 11.9 Å². The van der Waals surface area contributed by atoms with Gasteiger partial charge < -0.3 is 25.1 Å². The summed E-state index contributed by atoms with van der Waals surface area (Å²) < 4.78 is 10.5. The Morgan fingerprint density at radius 3 is 2.54 bits per heavy atom. The molecule has 0 aliphatic carbocycles. The van der Waals surface area contributed by atoms with Crippen LogP contribution in [0.1, 0.15) is 25.2 Å². The van der Waals surface area contributed by atoms with Crippen molar-refractivity contribution in [2.75, 3.05) is 27.2 Å². The van der Waals surface area contributed by atoms with Crippen LogP contribution in [-0.4, -0.2) is 39.1 Å². The van der Waals surface area contributed by atoms with E-state index in [2.05, 4.69) is 20.9 Å². The number of rotatable bonds is 9. The fraction of sp³-hybridized carbons (Fsp3) is 0.429. The van der Waals surface area contributed by atoms with Crippen LogP contribution in [0.2, 0.25) is 0 Å². The minimum Gasteiger partial charge on any atom is -0.497 e. The maximum Gasteiger partial charge on any atom is 0.227 e.